The van der Waals surface area contributed by atoms with Gasteiger partial charge in [0.05, 0.1) is 15.2 Å². The van der Waals surface area contributed by atoms with Gasteiger partial charge >= 0.3 is 0 Å². The van der Waals surface area contributed by atoms with E-state index < -0.39 is 0 Å². The highest BCUT2D eigenvalue weighted by atomic mass is 79.9. The maximum absolute atomic E-state index is 12.1. The molecule has 1 aromatic rings. The molecule has 3 nitrogen and oxygen atoms in total. The smallest absolute Gasteiger partial charge is 0.244 e. The molecule has 0 heterocycles. The van der Waals surface area contributed by atoms with E-state index in [2.05, 4.69) is 21.2 Å². The number of nitrogens with one attached hydrogen (secondary N) is 1. The van der Waals surface area contributed by atoms with Crippen LogP contribution in [0.5, 0.6) is 0 Å². The van der Waals surface area contributed by atoms with Crippen LogP contribution in [0.3, 0.4) is 0 Å². The fraction of sp³-hybridized carbons (Fsp3) is 0.462. The quantitative estimate of drug-likeness (QED) is 0.889. The molecule has 5 heteroatoms. The van der Waals surface area contributed by atoms with E-state index in [1.165, 1.54) is 0 Å². The molecule has 1 unspecified atom stereocenters. The Bertz CT molecular complexity index is 421. The van der Waals surface area contributed by atoms with Gasteiger partial charge in [0.25, 0.3) is 0 Å². The molecule has 1 N–H and O–H groups in total. The first-order chi connectivity index (χ1) is 8.51. The summed E-state index contributed by atoms with van der Waals surface area (Å²) in [4.78, 5) is 13.9. The van der Waals surface area contributed by atoms with Gasteiger partial charge in [0.15, 0.2) is 0 Å². The van der Waals surface area contributed by atoms with Crippen molar-refractivity contribution in [1.29, 1.82) is 0 Å². The van der Waals surface area contributed by atoms with Gasteiger partial charge in [-0.3, -0.25) is 4.79 Å². The van der Waals surface area contributed by atoms with Crippen LogP contribution in [0.4, 0.5) is 5.69 Å². The van der Waals surface area contributed by atoms with Crippen LogP contribution in [0, 0.1) is 0 Å². The van der Waals surface area contributed by atoms with E-state index in [-0.39, 0.29) is 11.9 Å². The first-order valence-corrected chi connectivity index (χ1v) is 7.17. The van der Waals surface area contributed by atoms with Gasteiger partial charge in [-0.25, -0.2) is 0 Å². The Hall–Kier alpha value is -0.740. The number of nitrogens with zero attached hydrogens (tertiary/aromatic N) is 1. The van der Waals surface area contributed by atoms with Crippen LogP contribution >= 0.6 is 27.5 Å². The number of carbonyl (C=O) groups excluding carboxylic acids is 1. The van der Waals surface area contributed by atoms with E-state index in [0.29, 0.717) is 5.02 Å². The zero-order chi connectivity index (χ0) is 13.7. The van der Waals surface area contributed by atoms with Crippen molar-refractivity contribution >= 4 is 39.1 Å². The SMILES string of the molecule is CCN(CC)C(=O)C(C)Nc1cccc(Cl)c1Br. The molecule has 0 fully saturated rings. The number of rotatable bonds is 5. The Morgan fingerprint density at radius 2 is 2.06 bits per heavy atom. The molecule has 0 bridgehead atoms. The average molecular weight is 334 g/mol. The lowest BCUT2D eigenvalue weighted by atomic mass is 10.2. The summed E-state index contributed by atoms with van der Waals surface area (Å²) in [6.07, 6.45) is 0. The Kier molecular flexibility index (Phi) is 5.96. The van der Waals surface area contributed by atoms with Crippen molar-refractivity contribution in [3.63, 3.8) is 0 Å². The molecule has 0 aliphatic rings. The van der Waals surface area contributed by atoms with E-state index >= 15 is 0 Å². The van der Waals surface area contributed by atoms with Gasteiger partial charge in [-0.2, -0.15) is 0 Å². The number of amides is 1. The predicted octanol–water partition coefficient (Wildman–Crippen LogP) is 3.77. The number of benzene rings is 1. The molecular formula is C13H18BrClN2O. The summed E-state index contributed by atoms with van der Waals surface area (Å²) in [7, 11) is 0. The third kappa shape index (κ3) is 3.62. The highest BCUT2D eigenvalue weighted by molar-refractivity contribution is 9.10. The molecule has 100 valence electrons. The van der Waals surface area contributed by atoms with Crippen molar-refractivity contribution in [3.8, 4) is 0 Å². The van der Waals surface area contributed by atoms with Gasteiger partial charge in [0, 0.05) is 13.1 Å². The van der Waals surface area contributed by atoms with Crippen molar-refractivity contribution < 1.29 is 4.79 Å². The molecule has 0 radical (unpaired) electrons. The first-order valence-electron chi connectivity index (χ1n) is 6.00. The number of likely N-dealkylation sites (N-methyl/N-ethyl adjacent to an activating group) is 1. The van der Waals surface area contributed by atoms with Gasteiger partial charge < -0.3 is 10.2 Å². The second-order valence-corrected chi connectivity index (χ2v) is 5.18. The van der Waals surface area contributed by atoms with Crippen LogP contribution in [-0.4, -0.2) is 29.9 Å². The minimum Gasteiger partial charge on any atom is -0.373 e. The molecule has 0 aliphatic heterocycles. The summed E-state index contributed by atoms with van der Waals surface area (Å²) in [5, 5.41) is 3.80. The maximum Gasteiger partial charge on any atom is 0.244 e. The molecule has 1 atom stereocenters. The minimum atomic E-state index is -0.278. The second kappa shape index (κ2) is 7.00. The Morgan fingerprint density at radius 1 is 1.44 bits per heavy atom. The lowest BCUT2D eigenvalue weighted by Gasteiger charge is -2.24. The topological polar surface area (TPSA) is 32.3 Å². The van der Waals surface area contributed by atoms with Crippen molar-refractivity contribution in [2.24, 2.45) is 0 Å². The molecule has 1 amide bonds. The summed E-state index contributed by atoms with van der Waals surface area (Å²) in [6, 6.07) is 5.26. The molecule has 0 spiro atoms. The second-order valence-electron chi connectivity index (χ2n) is 3.98. The molecule has 0 saturated carbocycles. The number of hydrogen-bond acceptors (Lipinski definition) is 2. The monoisotopic (exact) mass is 332 g/mol. The van der Waals surface area contributed by atoms with Gasteiger partial charge in [0.1, 0.15) is 6.04 Å². The zero-order valence-corrected chi connectivity index (χ0v) is 13.2. The first kappa shape index (κ1) is 15.3. The molecule has 18 heavy (non-hydrogen) atoms. The van der Waals surface area contributed by atoms with Gasteiger partial charge in [0.2, 0.25) is 5.91 Å². The van der Waals surface area contributed by atoms with Crippen LogP contribution in [0.2, 0.25) is 5.02 Å². The summed E-state index contributed by atoms with van der Waals surface area (Å²) in [5.74, 6) is 0.0897. The third-order valence-corrected chi connectivity index (χ3v) is 4.17. The van der Waals surface area contributed by atoms with Crippen LogP contribution in [0.25, 0.3) is 0 Å². The minimum absolute atomic E-state index is 0.0897. The van der Waals surface area contributed by atoms with E-state index in [4.69, 9.17) is 11.6 Å². The average Bonchev–Trinajstić information content (AvgIpc) is 2.36. The molecule has 0 aromatic heterocycles. The summed E-state index contributed by atoms with van der Waals surface area (Å²) < 4.78 is 0.783. The number of hydrogen-bond donors (Lipinski definition) is 1. The fourth-order valence-corrected chi connectivity index (χ4v) is 2.27. The third-order valence-electron chi connectivity index (χ3n) is 2.77. The van der Waals surface area contributed by atoms with Crippen molar-refractivity contribution in [3.05, 3.63) is 27.7 Å². The Morgan fingerprint density at radius 3 is 2.61 bits per heavy atom. The van der Waals surface area contributed by atoms with Crippen LogP contribution < -0.4 is 5.32 Å². The van der Waals surface area contributed by atoms with E-state index in [0.717, 1.165) is 23.2 Å². The Labute approximate surface area is 122 Å². The maximum atomic E-state index is 12.1. The van der Waals surface area contributed by atoms with Crippen molar-refractivity contribution in [2.75, 3.05) is 18.4 Å². The molecular weight excluding hydrogens is 316 g/mol. The summed E-state index contributed by atoms with van der Waals surface area (Å²) >= 11 is 9.42. The molecule has 1 rings (SSSR count). The van der Waals surface area contributed by atoms with Crippen molar-refractivity contribution in [2.45, 2.75) is 26.8 Å². The van der Waals surface area contributed by atoms with Crippen molar-refractivity contribution in [1.82, 2.24) is 4.90 Å². The van der Waals surface area contributed by atoms with Gasteiger partial charge in [-0.15, -0.1) is 0 Å². The number of halogens is 2. The largest absolute Gasteiger partial charge is 0.373 e. The van der Waals surface area contributed by atoms with Crippen LogP contribution in [-0.2, 0) is 4.79 Å². The standard InChI is InChI=1S/C13H18BrClN2O/c1-4-17(5-2)13(18)9(3)16-11-8-6-7-10(15)12(11)14/h6-9,16H,4-5H2,1-3H3. The van der Waals surface area contributed by atoms with Gasteiger partial charge in [-0.1, -0.05) is 17.7 Å². The lowest BCUT2D eigenvalue weighted by molar-refractivity contribution is -0.131. The number of anilines is 1. The lowest BCUT2D eigenvalue weighted by Crippen LogP contribution is -2.41. The number of carbonyl (C=O) groups is 1. The van der Waals surface area contributed by atoms with E-state index in [1.807, 2.05) is 32.9 Å². The van der Waals surface area contributed by atoms with Crippen LogP contribution in [0.1, 0.15) is 20.8 Å². The van der Waals surface area contributed by atoms with E-state index in [9.17, 15) is 4.79 Å². The fourth-order valence-electron chi connectivity index (χ4n) is 1.72. The van der Waals surface area contributed by atoms with E-state index in [1.54, 1.807) is 11.0 Å². The van der Waals surface area contributed by atoms with Crippen LogP contribution in [0.15, 0.2) is 22.7 Å². The zero-order valence-electron chi connectivity index (χ0n) is 10.8. The highest BCUT2D eigenvalue weighted by Crippen LogP contribution is 2.30. The Balaban J connectivity index is 2.78. The van der Waals surface area contributed by atoms with Gasteiger partial charge in [-0.05, 0) is 48.8 Å². The normalized spacial score (nSPS) is 12.1. The molecule has 0 aliphatic carbocycles. The molecule has 1 aromatic carbocycles. The molecule has 0 saturated heterocycles. The summed E-state index contributed by atoms with van der Waals surface area (Å²) in [6.45, 7) is 7.25. The predicted molar refractivity (Wildman–Crippen MR) is 80.2 cm³/mol. The summed E-state index contributed by atoms with van der Waals surface area (Å²) in [5.41, 5.74) is 0.829. The highest BCUT2D eigenvalue weighted by Gasteiger charge is 2.18.